The highest BCUT2D eigenvalue weighted by atomic mass is 32.2. The zero-order valence-corrected chi connectivity index (χ0v) is 13.2. The summed E-state index contributed by atoms with van der Waals surface area (Å²) >= 11 is 0. The van der Waals surface area contributed by atoms with Crippen LogP contribution in [0.1, 0.15) is 52.9 Å². The van der Waals surface area contributed by atoms with Crippen LogP contribution in [0.4, 0.5) is 0 Å². The van der Waals surface area contributed by atoms with Gasteiger partial charge >= 0.3 is 0 Å². The molecule has 1 aliphatic rings. The second-order valence-corrected chi connectivity index (χ2v) is 8.07. The first-order valence-electron chi connectivity index (χ1n) is 7.15. The van der Waals surface area contributed by atoms with E-state index < -0.39 is 10.2 Å². The molecular weight excluding hydrogens is 264 g/mol. The fourth-order valence-electron chi connectivity index (χ4n) is 2.33. The molecule has 0 saturated carbocycles. The SMILES string of the molecule is CC(C)(C)C(CCO)NS(=O)(=O)N1CCCCCC1. The highest BCUT2D eigenvalue weighted by Gasteiger charge is 2.31. The van der Waals surface area contributed by atoms with Crippen LogP contribution >= 0.6 is 0 Å². The van der Waals surface area contributed by atoms with Gasteiger partial charge in [-0.25, -0.2) is 0 Å². The number of aliphatic hydroxyl groups excluding tert-OH is 1. The van der Waals surface area contributed by atoms with Crippen LogP contribution in [0.15, 0.2) is 0 Å². The smallest absolute Gasteiger partial charge is 0.279 e. The van der Waals surface area contributed by atoms with Gasteiger partial charge in [-0.1, -0.05) is 33.6 Å². The van der Waals surface area contributed by atoms with Gasteiger partial charge in [0, 0.05) is 25.7 Å². The van der Waals surface area contributed by atoms with Crippen molar-refractivity contribution in [3.05, 3.63) is 0 Å². The van der Waals surface area contributed by atoms with Gasteiger partial charge in [0.2, 0.25) is 0 Å². The van der Waals surface area contributed by atoms with E-state index in [1.54, 1.807) is 4.31 Å². The van der Waals surface area contributed by atoms with E-state index in [0.29, 0.717) is 19.5 Å². The summed E-state index contributed by atoms with van der Waals surface area (Å²) in [5.41, 5.74) is -0.207. The Hall–Kier alpha value is -0.170. The van der Waals surface area contributed by atoms with Gasteiger partial charge in [0.1, 0.15) is 0 Å². The normalized spacial score (nSPS) is 21.1. The van der Waals surface area contributed by atoms with Gasteiger partial charge in [-0.2, -0.15) is 17.4 Å². The van der Waals surface area contributed by atoms with E-state index in [-0.39, 0.29) is 18.1 Å². The lowest BCUT2D eigenvalue weighted by atomic mass is 9.86. The van der Waals surface area contributed by atoms with Gasteiger partial charge in [-0.3, -0.25) is 0 Å². The van der Waals surface area contributed by atoms with Crippen molar-refractivity contribution < 1.29 is 13.5 Å². The highest BCUT2D eigenvalue weighted by molar-refractivity contribution is 7.87. The third-order valence-corrected chi connectivity index (χ3v) is 5.29. The summed E-state index contributed by atoms with van der Waals surface area (Å²) in [4.78, 5) is 0. The molecule has 1 fully saturated rings. The minimum atomic E-state index is -3.44. The van der Waals surface area contributed by atoms with Crippen molar-refractivity contribution in [1.29, 1.82) is 0 Å². The van der Waals surface area contributed by atoms with E-state index in [2.05, 4.69) is 4.72 Å². The molecule has 2 N–H and O–H groups in total. The first kappa shape index (κ1) is 16.9. The molecule has 6 heteroatoms. The van der Waals surface area contributed by atoms with Crippen LogP contribution in [0.3, 0.4) is 0 Å². The monoisotopic (exact) mass is 292 g/mol. The van der Waals surface area contributed by atoms with Crippen LogP contribution in [-0.2, 0) is 10.2 Å². The van der Waals surface area contributed by atoms with E-state index >= 15 is 0 Å². The molecule has 5 nitrogen and oxygen atoms in total. The molecule has 1 atom stereocenters. The second kappa shape index (κ2) is 7.02. The first-order chi connectivity index (χ1) is 8.77. The predicted molar refractivity (Wildman–Crippen MR) is 77.0 cm³/mol. The summed E-state index contributed by atoms with van der Waals surface area (Å²) in [6.45, 7) is 7.15. The number of nitrogens with one attached hydrogen (secondary N) is 1. The van der Waals surface area contributed by atoms with Crippen LogP contribution in [0.25, 0.3) is 0 Å². The summed E-state index contributed by atoms with van der Waals surface area (Å²) < 4.78 is 29.1. The minimum Gasteiger partial charge on any atom is -0.396 e. The molecule has 0 radical (unpaired) electrons. The summed E-state index contributed by atoms with van der Waals surface area (Å²) in [6, 6.07) is -0.245. The van der Waals surface area contributed by atoms with Gasteiger partial charge in [0.15, 0.2) is 0 Å². The molecule has 1 rings (SSSR count). The molecule has 1 heterocycles. The van der Waals surface area contributed by atoms with E-state index in [4.69, 9.17) is 5.11 Å². The molecule has 1 saturated heterocycles. The molecule has 0 aliphatic carbocycles. The Morgan fingerprint density at radius 3 is 2.11 bits per heavy atom. The van der Waals surface area contributed by atoms with Gasteiger partial charge in [0.25, 0.3) is 10.2 Å². The minimum absolute atomic E-state index is 0.00947. The van der Waals surface area contributed by atoms with Crippen LogP contribution in [-0.4, -0.2) is 43.6 Å². The Balaban J connectivity index is 2.75. The molecule has 114 valence electrons. The molecule has 1 aliphatic heterocycles. The maximum atomic E-state index is 12.4. The first-order valence-corrected chi connectivity index (χ1v) is 8.59. The van der Waals surface area contributed by atoms with E-state index in [1.807, 2.05) is 20.8 Å². The fourth-order valence-corrected chi connectivity index (χ4v) is 4.05. The number of rotatable bonds is 5. The topological polar surface area (TPSA) is 69.6 Å². The quantitative estimate of drug-likeness (QED) is 0.806. The summed E-state index contributed by atoms with van der Waals surface area (Å²) in [5, 5.41) is 9.10. The average molecular weight is 292 g/mol. The van der Waals surface area contributed by atoms with Gasteiger partial charge in [0.05, 0.1) is 0 Å². The van der Waals surface area contributed by atoms with Gasteiger partial charge in [-0.05, 0) is 24.7 Å². The van der Waals surface area contributed by atoms with Gasteiger partial charge in [-0.15, -0.1) is 0 Å². The van der Waals surface area contributed by atoms with Crippen molar-refractivity contribution in [2.45, 2.75) is 58.9 Å². The van der Waals surface area contributed by atoms with E-state index in [9.17, 15) is 8.42 Å². The molecule has 19 heavy (non-hydrogen) atoms. The van der Waals surface area contributed by atoms with Crippen LogP contribution in [0, 0.1) is 5.41 Å². The average Bonchev–Trinajstić information content (AvgIpc) is 2.55. The molecular formula is C13H28N2O3S. The largest absolute Gasteiger partial charge is 0.396 e. The Kier molecular flexibility index (Phi) is 6.23. The van der Waals surface area contributed by atoms with Crippen molar-refractivity contribution in [1.82, 2.24) is 9.03 Å². The van der Waals surface area contributed by atoms with Crippen molar-refractivity contribution in [3.63, 3.8) is 0 Å². The molecule has 0 aromatic heterocycles. The Labute approximate surface area is 117 Å². The number of hydrogen-bond donors (Lipinski definition) is 2. The third-order valence-electron chi connectivity index (χ3n) is 3.66. The Morgan fingerprint density at radius 1 is 1.16 bits per heavy atom. The van der Waals surface area contributed by atoms with E-state index in [1.165, 1.54) is 0 Å². The number of nitrogens with zero attached hydrogens (tertiary/aromatic N) is 1. The van der Waals surface area contributed by atoms with Crippen molar-refractivity contribution in [2.24, 2.45) is 5.41 Å². The molecule has 0 spiro atoms. The summed E-state index contributed by atoms with van der Waals surface area (Å²) in [5.74, 6) is 0. The maximum Gasteiger partial charge on any atom is 0.279 e. The lowest BCUT2D eigenvalue weighted by Gasteiger charge is -2.33. The maximum absolute atomic E-state index is 12.4. The van der Waals surface area contributed by atoms with Crippen LogP contribution in [0.5, 0.6) is 0 Å². The molecule has 0 aromatic rings. The molecule has 0 aromatic carbocycles. The van der Waals surface area contributed by atoms with E-state index in [0.717, 1.165) is 25.7 Å². The third kappa shape index (κ3) is 5.38. The second-order valence-electron chi connectivity index (χ2n) is 6.37. The van der Waals surface area contributed by atoms with Crippen molar-refractivity contribution in [3.8, 4) is 0 Å². The number of hydrogen-bond acceptors (Lipinski definition) is 3. The number of aliphatic hydroxyl groups is 1. The Bertz CT molecular complexity index is 355. The lowest BCUT2D eigenvalue weighted by Crippen LogP contribution is -2.50. The standard InChI is InChI=1S/C13H28N2O3S/c1-13(2,3)12(8-11-16)14-19(17,18)15-9-6-4-5-7-10-15/h12,14,16H,4-11H2,1-3H3. The predicted octanol–water partition coefficient (Wildman–Crippen LogP) is 1.49. The molecule has 0 amide bonds. The molecule has 0 bridgehead atoms. The zero-order chi connectivity index (χ0) is 14.5. The summed E-state index contributed by atoms with van der Waals surface area (Å²) in [6.07, 6.45) is 4.51. The fraction of sp³-hybridized carbons (Fsp3) is 1.00. The van der Waals surface area contributed by atoms with Crippen molar-refractivity contribution >= 4 is 10.2 Å². The van der Waals surface area contributed by atoms with Crippen molar-refractivity contribution in [2.75, 3.05) is 19.7 Å². The zero-order valence-electron chi connectivity index (χ0n) is 12.4. The van der Waals surface area contributed by atoms with Crippen LogP contribution in [0.2, 0.25) is 0 Å². The van der Waals surface area contributed by atoms with Crippen LogP contribution < -0.4 is 4.72 Å². The summed E-state index contributed by atoms with van der Waals surface area (Å²) in [7, 11) is -3.44. The molecule has 1 unspecified atom stereocenters. The highest BCUT2D eigenvalue weighted by Crippen LogP contribution is 2.23. The lowest BCUT2D eigenvalue weighted by molar-refractivity contribution is 0.212. The Morgan fingerprint density at radius 2 is 1.68 bits per heavy atom. The van der Waals surface area contributed by atoms with Gasteiger partial charge < -0.3 is 5.11 Å².